The summed E-state index contributed by atoms with van der Waals surface area (Å²) in [5.74, 6) is -2.05. The summed E-state index contributed by atoms with van der Waals surface area (Å²) >= 11 is 0. The van der Waals surface area contributed by atoms with Gasteiger partial charge in [-0.1, -0.05) is 6.42 Å². The van der Waals surface area contributed by atoms with Crippen molar-refractivity contribution in [1.29, 1.82) is 5.26 Å². The lowest BCUT2D eigenvalue weighted by Gasteiger charge is -2.22. The molecule has 2 amide bonds. The minimum absolute atomic E-state index is 0.115. The summed E-state index contributed by atoms with van der Waals surface area (Å²) < 4.78 is 14.8. The molecule has 11 heteroatoms. The second-order valence-corrected chi connectivity index (χ2v) is 7.82. The number of Topliss-reactive ketones (excluding diaryl/α,β-unsaturated/α-hetero) is 1. The maximum Gasteiger partial charge on any atom is 0.292 e. The molecule has 1 saturated carbocycles. The molecule has 0 bridgehead atoms. The highest BCUT2D eigenvalue weighted by atomic mass is 19.1. The molecule has 4 rings (SSSR count). The van der Waals surface area contributed by atoms with Crippen LogP contribution in [0.15, 0.2) is 30.6 Å². The Morgan fingerprint density at radius 3 is 2.59 bits per heavy atom. The molecular weight excluding hydrogens is 441 g/mol. The highest BCUT2D eigenvalue weighted by molar-refractivity contribution is 6.43. The van der Waals surface area contributed by atoms with Crippen LogP contribution in [0.4, 0.5) is 10.1 Å². The molecule has 1 aliphatic rings. The molecule has 1 fully saturated rings. The predicted octanol–water partition coefficient (Wildman–Crippen LogP) is 2.60. The number of carbonyl (C=O) groups excluding carboxylic acids is 3. The highest BCUT2D eigenvalue weighted by Crippen LogP contribution is 2.34. The van der Waals surface area contributed by atoms with Crippen LogP contribution < -0.4 is 10.6 Å². The van der Waals surface area contributed by atoms with Crippen LogP contribution in [-0.2, 0) is 11.8 Å². The summed E-state index contributed by atoms with van der Waals surface area (Å²) in [6, 6.07) is 5.30. The van der Waals surface area contributed by atoms with Gasteiger partial charge in [0.1, 0.15) is 17.6 Å². The van der Waals surface area contributed by atoms with Crippen LogP contribution in [0, 0.1) is 24.1 Å². The standard InChI is InChI=1S/C17H15FN4O3.C6H9N3/c1-9-12(15(23)17(25)20-2)8-22(3)14(9)16(24)21-11-4-5-13(18)10(6-11)7-19;1-2-5(3-1)6-4-7-9-8-6/h4-6,8H,1-3H3,(H,20,25)(H,21,24);4-5H,1-3H2,(H,7,8,9). The molecule has 176 valence electrons. The molecule has 34 heavy (non-hydrogen) atoms. The number of amides is 2. The van der Waals surface area contributed by atoms with Gasteiger partial charge in [0.2, 0.25) is 0 Å². The first kappa shape index (κ1) is 24.3. The number of hydrogen-bond donors (Lipinski definition) is 3. The van der Waals surface area contributed by atoms with Gasteiger partial charge in [-0.15, -0.1) is 0 Å². The topological polar surface area (TPSA) is 146 Å². The quantitative estimate of drug-likeness (QED) is 0.390. The smallest absolute Gasteiger partial charge is 0.292 e. The molecular formula is C23H24FN7O3. The number of carbonyl (C=O) groups is 3. The van der Waals surface area contributed by atoms with Gasteiger partial charge >= 0.3 is 0 Å². The van der Waals surface area contributed by atoms with Crippen LogP contribution in [0.1, 0.15) is 62.8 Å². The largest absolute Gasteiger partial charge is 0.352 e. The first-order valence-electron chi connectivity index (χ1n) is 10.6. The van der Waals surface area contributed by atoms with E-state index in [1.165, 1.54) is 49.2 Å². The summed E-state index contributed by atoms with van der Waals surface area (Å²) in [6.07, 6.45) is 7.17. The maximum absolute atomic E-state index is 13.3. The third-order valence-electron chi connectivity index (χ3n) is 5.63. The van der Waals surface area contributed by atoms with Crippen molar-refractivity contribution in [2.75, 3.05) is 12.4 Å². The van der Waals surface area contributed by atoms with E-state index in [1.807, 2.05) is 6.20 Å². The Morgan fingerprint density at radius 2 is 2.03 bits per heavy atom. The number of aromatic amines is 1. The van der Waals surface area contributed by atoms with Gasteiger partial charge in [-0.2, -0.15) is 20.7 Å². The van der Waals surface area contributed by atoms with E-state index in [0.717, 1.165) is 11.8 Å². The van der Waals surface area contributed by atoms with Crippen LogP contribution in [0.5, 0.6) is 0 Å². The summed E-state index contributed by atoms with van der Waals surface area (Å²) in [5, 5.41) is 24.0. The fourth-order valence-electron chi connectivity index (χ4n) is 3.53. The summed E-state index contributed by atoms with van der Waals surface area (Å²) in [4.78, 5) is 36.0. The van der Waals surface area contributed by atoms with Gasteiger partial charge in [-0.05, 0) is 43.5 Å². The number of nitrogens with zero attached hydrogens (tertiary/aromatic N) is 4. The summed E-state index contributed by atoms with van der Waals surface area (Å²) in [7, 11) is 2.90. The van der Waals surface area contributed by atoms with Crippen LogP contribution in [0.2, 0.25) is 0 Å². The van der Waals surface area contributed by atoms with E-state index in [1.54, 1.807) is 20.0 Å². The second kappa shape index (κ2) is 10.5. The van der Waals surface area contributed by atoms with E-state index in [2.05, 4.69) is 26.0 Å². The first-order chi connectivity index (χ1) is 16.3. The molecule has 0 spiro atoms. The summed E-state index contributed by atoms with van der Waals surface area (Å²) in [6.45, 7) is 1.55. The summed E-state index contributed by atoms with van der Waals surface area (Å²) in [5.41, 5.74) is 1.82. The third kappa shape index (κ3) is 5.17. The van der Waals surface area contributed by atoms with Crippen molar-refractivity contribution < 1.29 is 18.8 Å². The SMILES string of the molecule is CNC(=O)C(=O)c1cn(C)c(C(=O)Nc2ccc(F)c(C#N)c2)c1C.c1n[nH]nc1C1CCC1. The predicted molar refractivity (Wildman–Crippen MR) is 121 cm³/mol. The first-order valence-corrected chi connectivity index (χ1v) is 10.6. The second-order valence-electron chi connectivity index (χ2n) is 7.82. The van der Waals surface area contributed by atoms with E-state index in [0.29, 0.717) is 11.5 Å². The number of halogens is 1. The van der Waals surface area contributed by atoms with E-state index in [-0.39, 0.29) is 22.5 Å². The lowest BCUT2D eigenvalue weighted by atomic mass is 9.83. The number of benzene rings is 1. The molecule has 1 aliphatic carbocycles. The number of ketones is 1. The van der Waals surface area contributed by atoms with Crippen LogP contribution in [0.25, 0.3) is 0 Å². The molecule has 0 unspecified atom stereocenters. The van der Waals surface area contributed by atoms with Crippen LogP contribution in [-0.4, -0.2) is 44.6 Å². The zero-order chi connectivity index (χ0) is 24.8. The van der Waals surface area contributed by atoms with Crippen molar-refractivity contribution in [3.05, 3.63) is 64.5 Å². The van der Waals surface area contributed by atoms with Crippen molar-refractivity contribution in [2.45, 2.75) is 32.1 Å². The Labute approximate surface area is 195 Å². The minimum Gasteiger partial charge on any atom is -0.352 e. The van der Waals surface area contributed by atoms with Crippen LogP contribution >= 0.6 is 0 Å². The number of aromatic nitrogens is 4. The zero-order valence-corrected chi connectivity index (χ0v) is 19.0. The van der Waals surface area contributed by atoms with Gasteiger partial charge in [0, 0.05) is 37.5 Å². The number of nitrogens with one attached hydrogen (secondary N) is 3. The van der Waals surface area contributed by atoms with Gasteiger partial charge in [0.15, 0.2) is 0 Å². The monoisotopic (exact) mass is 465 g/mol. The van der Waals surface area contributed by atoms with Crippen molar-refractivity contribution in [1.82, 2.24) is 25.3 Å². The van der Waals surface area contributed by atoms with Crippen LogP contribution in [0.3, 0.4) is 0 Å². The molecule has 1 aromatic carbocycles. The number of likely N-dealkylation sites (N-methyl/N-ethyl adjacent to an activating group) is 1. The Balaban J connectivity index is 0.000000296. The van der Waals surface area contributed by atoms with Gasteiger partial charge in [0.05, 0.1) is 17.5 Å². The third-order valence-corrected chi connectivity index (χ3v) is 5.63. The highest BCUT2D eigenvalue weighted by Gasteiger charge is 2.25. The van der Waals surface area contributed by atoms with Gasteiger partial charge in [-0.3, -0.25) is 14.4 Å². The number of aryl methyl sites for hydroxylation is 1. The van der Waals surface area contributed by atoms with Gasteiger partial charge in [0.25, 0.3) is 17.6 Å². The average molecular weight is 465 g/mol. The molecule has 0 aliphatic heterocycles. The van der Waals surface area contributed by atoms with E-state index < -0.39 is 23.4 Å². The molecule has 3 N–H and O–H groups in total. The van der Waals surface area contributed by atoms with Gasteiger partial charge < -0.3 is 15.2 Å². The minimum atomic E-state index is -0.780. The normalized spacial score (nSPS) is 12.6. The molecule has 2 heterocycles. The lowest BCUT2D eigenvalue weighted by molar-refractivity contribution is -0.116. The van der Waals surface area contributed by atoms with E-state index in [4.69, 9.17) is 5.26 Å². The molecule has 10 nitrogen and oxygen atoms in total. The number of anilines is 1. The number of hydrogen-bond acceptors (Lipinski definition) is 6. The van der Waals surface area contributed by atoms with Crippen molar-refractivity contribution in [3.8, 4) is 6.07 Å². The van der Waals surface area contributed by atoms with E-state index in [9.17, 15) is 18.8 Å². The molecule has 0 atom stereocenters. The Morgan fingerprint density at radius 1 is 1.29 bits per heavy atom. The number of rotatable bonds is 5. The Kier molecular flexibility index (Phi) is 7.53. The number of H-pyrrole nitrogens is 1. The molecule has 2 aromatic heterocycles. The Bertz CT molecular complexity index is 1250. The number of nitriles is 1. The molecule has 3 aromatic rings. The zero-order valence-electron chi connectivity index (χ0n) is 19.0. The van der Waals surface area contributed by atoms with Crippen molar-refractivity contribution >= 4 is 23.3 Å². The Hall–Kier alpha value is -4.33. The van der Waals surface area contributed by atoms with Crippen molar-refractivity contribution in [3.63, 3.8) is 0 Å². The van der Waals surface area contributed by atoms with Crippen molar-refractivity contribution in [2.24, 2.45) is 7.05 Å². The lowest BCUT2D eigenvalue weighted by Crippen LogP contribution is -2.27. The fraction of sp³-hybridized carbons (Fsp3) is 0.304. The fourth-order valence-corrected chi connectivity index (χ4v) is 3.53. The maximum atomic E-state index is 13.3. The molecule has 0 saturated heterocycles. The average Bonchev–Trinajstić information content (AvgIpc) is 3.41. The molecule has 0 radical (unpaired) electrons. The van der Waals surface area contributed by atoms with Gasteiger partial charge in [-0.25, -0.2) is 4.39 Å². The van der Waals surface area contributed by atoms with E-state index >= 15 is 0 Å².